The van der Waals surface area contributed by atoms with Gasteiger partial charge in [0.1, 0.15) is 11.5 Å². The minimum Gasteiger partial charge on any atom is -0.425 e. The predicted molar refractivity (Wildman–Crippen MR) is 169 cm³/mol. The summed E-state index contributed by atoms with van der Waals surface area (Å²) in [7, 11) is 0. The summed E-state index contributed by atoms with van der Waals surface area (Å²) in [5, 5.41) is 7.17. The second-order valence-electron chi connectivity index (χ2n) is 9.53. The lowest BCUT2D eigenvalue weighted by molar-refractivity contribution is -0.134. The Morgan fingerprint density at radius 3 is 1.25 bits per heavy atom. The number of benzene rings is 6. The Morgan fingerprint density at radius 2 is 0.875 bits per heavy atom. The maximum Gasteiger partial charge on any atom is 0.310 e. The van der Waals surface area contributed by atoms with Gasteiger partial charge in [-0.25, -0.2) is 0 Å². The Morgan fingerprint density at radius 1 is 0.525 bits per heavy atom. The summed E-state index contributed by atoms with van der Waals surface area (Å²) < 4.78 is 13.8. The van der Waals surface area contributed by atoms with Crippen molar-refractivity contribution < 1.29 is 19.1 Å². The summed E-state index contributed by atoms with van der Waals surface area (Å²) in [4.78, 5) is 25.1. The number of fused-ring (bicyclic) bond motifs is 4. The third kappa shape index (κ3) is 4.45. The van der Waals surface area contributed by atoms with Gasteiger partial charge in [0.2, 0.25) is 0 Å². The SMILES string of the molecule is CCC(=O)Oc1c2ccccc2c(-c2c3ccccc3c(OC(=O)CC)c3ccc(Br)cc23)c2cc(Br)ccc12. The molecule has 0 aliphatic rings. The van der Waals surface area contributed by atoms with Gasteiger partial charge in [-0.15, -0.1) is 0 Å². The summed E-state index contributed by atoms with van der Waals surface area (Å²) in [5.41, 5.74) is 2.02. The van der Waals surface area contributed by atoms with Crippen LogP contribution in [0.4, 0.5) is 0 Å². The van der Waals surface area contributed by atoms with Gasteiger partial charge in [-0.05, 0) is 69.1 Å². The Bertz CT molecular complexity index is 1850. The molecule has 0 saturated heterocycles. The van der Waals surface area contributed by atoms with Crippen molar-refractivity contribution in [3.63, 3.8) is 0 Å². The van der Waals surface area contributed by atoms with Crippen LogP contribution in [0.1, 0.15) is 26.7 Å². The number of ether oxygens (including phenoxy) is 2. The number of carbonyl (C=O) groups is 2. The molecule has 0 atom stereocenters. The number of hydrogen-bond acceptors (Lipinski definition) is 4. The lowest BCUT2D eigenvalue weighted by Gasteiger charge is -2.21. The van der Waals surface area contributed by atoms with Gasteiger partial charge in [0.05, 0.1) is 0 Å². The van der Waals surface area contributed by atoms with Crippen LogP contribution < -0.4 is 9.47 Å². The summed E-state index contributed by atoms with van der Waals surface area (Å²) in [6, 6.07) is 28.1. The molecule has 0 aliphatic heterocycles. The van der Waals surface area contributed by atoms with Crippen LogP contribution in [0.25, 0.3) is 54.2 Å². The third-order valence-corrected chi connectivity index (χ3v) is 8.12. The van der Waals surface area contributed by atoms with E-state index in [0.29, 0.717) is 11.5 Å². The minimum absolute atomic E-state index is 0.273. The van der Waals surface area contributed by atoms with E-state index in [1.54, 1.807) is 13.8 Å². The molecule has 6 rings (SSSR count). The fourth-order valence-corrected chi connectivity index (χ4v) is 6.07. The van der Waals surface area contributed by atoms with E-state index in [0.717, 1.165) is 63.2 Å². The average molecular weight is 656 g/mol. The molecule has 0 radical (unpaired) electrons. The monoisotopic (exact) mass is 654 g/mol. The first-order valence-electron chi connectivity index (χ1n) is 13.1. The van der Waals surface area contributed by atoms with Crippen LogP contribution in [0.5, 0.6) is 11.5 Å². The Labute approximate surface area is 248 Å². The van der Waals surface area contributed by atoms with Crippen LogP contribution in [0.2, 0.25) is 0 Å². The maximum absolute atomic E-state index is 12.5. The van der Waals surface area contributed by atoms with Crippen molar-refractivity contribution in [1.29, 1.82) is 0 Å². The fourth-order valence-electron chi connectivity index (χ4n) is 5.35. The quantitative estimate of drug-likeness (QED) is 0.105. The Kier molecular flexibility index (Phi) is 7.07. The van der Waals surface area contributed by atoms with Gasteiger partial charge in [0, 0.05) is 43.3 Å². The van der Waals surface area contributed by atoms with Gasteiger partial charge in [-0.1, -0.05) is 94.2 Å². The zero-order valence-corrected chi connectivity index (χ0v) is 25.1. The molecule has 0 aliphatic carbocycles. The van der Waals surface area contributed by atoms with Crippen LogP contribution >= 0.6 is 31.9 Å². The summed E-state index contributed by atoms with van der Waals surface area (Å²) in [6.45, 7) is 3.58. The molecule has 0 spiro atoms. The van der Waals surface area contributed by atoms with Crippen molar-refractivity contribution in [3.05, 3.63) is 93.9 Å². The van der Waals surface area contributed by atoms with E-state index in [1.807, 2.05) is 60.7 Å². The predicted octanol–water partition coefficient (Wildman–Crippen LogP) is 10.1. The van der Waals surface area contributed by atoms with Crippen LogP contribution in [0, 0.1) is 0 Å². The van der Waals surface area contributed by atoms with Crippen molar-refractivity contribution >= 4 is 86.9 Å². The molecular weight excluding hydrogens is 632 g/mol. The summed E-state index contributed by atoms with van der Waals surface area (Å²) in [6.07, 6.45) is 0.546. The first kappa shape index (κ1) is 26.5. The molecule has 0 unspecified atom stereocenters. The summed E-state index contributed by atoms with van der Waals surface area (Å²) in [5.74, 6) is 0.530. The number of carbonyl (C=O) groups excluding carboxylic acids is 2. The second kappa shape index (κ2) is 10.7. The van der Waals surface area contributed by atoms with Gasteiger partial charge in [0.25, 0.3) is 0 Å². The topological polar surface area (TPSA) is 52.6 Å². The van der Waals surface area contributed by atoms with E-state index in [9.17, 15) is 9.59 Å². The molecule has 6 aromatic rings. The van der Waals surface area contributed by atoms with E-state index in [4.69, 9.17) is 9.47 Å². The zero-order valence-electron chi connectivity index (χ0n) is 21.9. The highest BCUT2D eigenvalue weighted by atomic mass is 79.9. The highest BCUT2D eigenvalue weighted by molar-refractivity contribution is 9.10. The molecular formula is C34H24Br2O4. The lowest BCUT2D eigenvalue weighted by atomic mass is 9.85. The van der Waals surface area contributed by atoms with Gasteiger partial charge in [-0.2, -0.15) is 0 Å². The highest BCUT2D eigenvalue weighted by Gasteiger charge is 2.24. The van der Waals surface area contributed by atoms with Crippen molar-refractivity contribution in [2.24, 2.45) is 0 Å². The molecule has 6 heteroatoms. The fraction of sp³-hybridized carbons (Fsp3) is 0.118. The smallest absolute Gasteiger partial charge is 0.310 e. The van der Waals surface area contributed by atoms with Crippen molar-refractivity contribution in [2.75, 3.05) is 0 Å². The van der Waals surface area contributed by atoms with Gasteiger partial charge in [0.15, 0.2) is 0 Å². The van der Waals surface area contributed by atoms with Crippen molar-refractivity contribution in [3.8, 4) is 22.6 Å². The Balaban J connectivity index is 1.86. The molecule has 0 aromatic heterocycles. The molecule has 4 nitrogen and oxygen atoms in total. The number of esters is 2. The van der Waals surface area contributed by atoms with Crippen LogP contribution in [0.15, 0.2) is 93.9 Å². The normalized spacial score (nSPS) is 11.4. The summed E-state index contributed by atoms with van der Waals surface area (Å²) >= 11 is 7.35. The Hall–Kier alpha value is -3.74. The average Bonchev–Trinajstić information content (AvgIpc) is 2.97. The second-order valence-corrected chi connectivity index (χ2v) is 11.4. The standard InChI is InChI=1S/C34H24Br2O4/c1-3-29(37)39-33-23-11-7-5-9-21(23)31(27-17-19(35)13-15-25(27)33)32-22-10-6-8-12-24(22)34(40-30(38)4-2)26-16-14-20(36)18-28(26)32/h5-18H,3-4H2,1-2H3. The molecule has 40 heavy (non-hydrogen) atoms. The van der Waals surface area contributed by atoms with E-state index in [-0.39, 0.29) is 24.8 Å². The molecule has 0 heterocycles. The van der Waals surface area contributed by atoms with E-state index < -0.39 is 0 Å². The van der Waals surface area contributed by atoms with Crippen molar-refractivity contribution in [1.82, 2.24) is 0 Å². The van der Waals surface area contributed by atoms with E-state index in [2.05, 4.69) is 56.1 Å². The number of halogens is 2. The maximum atomic E-state index is 12.5. The van der Waals surface area contributed by atoms with E-state index in [1.165, 1.54) is 0 Å². The largest absolute Gasteiger partial charge is 0.425 e. The van der Waals surface area contributed by atoms with Gasteiger partial charge < -0.3 is 9.47 Å². The lowest BCUT2D eigenvalue weighted by Crippen LogP contribution is -2.07. The van der Waals surface area contributed by atoms with Gasteiger partial charge in [-0.3, -0.25) is 9.59 Å². The van der Waals surface area contributed by atoms with Crippen LogP contribution in [-0.2, 0) is 9.59 Å². The third-order valence-electron chi connectivity index (χ3n) is 7.13. The minimum atomic E-state index is -0.288. The first-order valence-corrected chi connectivity index (χ1v) is 14.7. The molecule has 0 N–H and O–H groups in total. The highest BCUT2D eigenvalue weighted by Crippen LogP contribution is 2.50. The molecule has 0 fully saturated rings. The van der Waals surface area contributed by atoms with Crippen molar-refractivity contribution in [2.45, 2.75) is 26.7 Å². The van der Waals surface area contributed by atoms with Crippen LogP contribution in [0.3, 0.4) is 0 Å². The first-order chi connectivity index (χ1) is 19.4. The van der Waals surface area contributed by atoms with E-state index >= 15 is 0 Å². The molecule has 6 aromatic carbocycles. The molecule has 198 valence electrons. The molecule has 0 saturated carbocycles. The molecule has 0 bridgehead atoms. The zero-order chi connectivity index (χ0) is 28.0. The van der Waals surface area contributed by atoms with Gasteiger partial charge >= 0.3 is 11.9 Å². The number of rotatable bonds is 5. The van der Waals surface area contributed by atoms with Crippen LogP contribution in [-0.4, -0.2) is 11.9 Å². The number of hydrogen-bond donors (Lipinski definition) is 0. The molecule has 0 amide bonds.